The Labute approximate surface area is 136 Å². The fraction of sp³-hybridized carbons (Fsp3) is 0.429. The third kappa shape index (κ3) is 2.31. The molecule has 0 radical (unpaired) electrons. The number of aryl methyl sites for hydroxylation is 1. The zero-order valence-electron chi connectivity index (χ0n) is 12.9. The van der Waals surface area contributed by atoms with E-state index >= 15 is 0 Å². The number of thioether (sulfide) groups is 1. The second-order valence-corrected chi connectivity index (χ2v) is 6.67. The van der Waals surface area contributed by atoms with E-state index in [0.29, 0.717) is 22.6 Å². The Kier molecular flexibility index (Phi) is 3.67. The Balaban J connectivity index is 1.78. The molecule has 2 amide bonds. The number of carbonyl (C=O) groups excluding carboxylic acids is 2. The average molecular weight is 336 g/mol. The molecule has 0 saturated carbocycles. The van der Waals surface area contributed by atoms with Gasteiger partial charge in [0.2, 0.25) is 0 Å². The molecule has 3 rings (SSSR count). The highest BCUT2D eigenvalue weighted by Crippen LogP contribution is 2.40. The molecule has 2 aliphatic heterocycles. The predicted molar refractivity (Wildman–Crippen MR) is 82.6 cm³/mol. The van der Waals surface area contributed by atoms with Crippen molar-refractivity contribution in [2.24, 2.45) is 7.05 Å². The molecule has 1 aromatic heterocycles. The van der Waals surface area contributed by atoms with Gasteiger partial charge in [0.15, 0.2) is 0 Å². The van der Waals surface area contributed by atoms with E-state index in [2.05, 4.69) is 10.4 Å². The second kappa shape index (κ2) is 5.41. The number of aliphatic carboxylic acids is 1. The lowest BCUT2D eigenvalue weighted by molar-refractivity contribution is -0.148. The minimum absolute atomic E-state index is 0.0295. The predicted octanol–water partition coefficient (Wildman–Crippen LogP) is 0.101. The summed E-state index contributed by atoms with van der Waals surface area (Å²) in [5, 5.41) is 15.6. The van der Waals surface area contributed by atoms with Crippen LogP contribution in [0, 0.1) is 6.92 Å². The zero-order chi connectivity index (χ0) is 16.9. The van der Waals surface area contributed by atoms with E-state index < -0.39 is 17.9 Å². The monoisotopic (exact) mass is 336 g/mol. The van der Waals surface area contributed by atoms with Crippen molar-refractivity contribution in [3.8, 4) is 0 Å². The molecule has 1 aromatic rings. The van der Waals surface area contributed by atoms with Crippen molar-refractivity contribution in [1.29, 1.82) is 0 Å². The molecule has 0 aromatic carbocycles. The maximum Gasteiger partial charge on any atom is 0.352 e. The topological polar surface area (TPSA) is 105 Å². The number of aromatic nitrogens is 2. The van der Waals surface area contributed by atoms with Gasteiger partial charge in [-0.2, -0.15) is 5.10 Å². The van der Waals surface area contributed by atoms with Crippen LogP contribution < -0.4 is 5.32 Å². The summed E-state index contributed by atoms with van der Waals surface area (Å²) in [6, 6.07) is -0.713. The number of carboxylic acids is 1. The minimum Gasteiger partial charge on any atom is -0.477 e. The van der Waals surface area contributed by atoms with E-state index in [0.717, 1.165) is 0 Å². The molecule has 9 heteroatoms. The Morgan fingerprint density at radius 3 is 2.70 bits per heavy atom. The quantitative estimate of drug-likeness (QED) is 0.759. The molecule has 2 aliphatic rings. The third-order valence-corrected chi connectivity index (χ3v) is 5.55. The van der Waals surface area contributed by atoms with Crippen molar-refractivity contribution in [3.05, 3.63) is 28.7 Å². The first-order chi connectivity index (χ1) is 10.8. The van der Waals surface area contributed by atoms with Crippen molar-refractivity contribution in [3.63, 3.8) is 0 Å². The van der Waals surface area contributed by atoms with Crippen LogP contribution in [0.2, 0.25) is 0 Å². The third-order valence-electron chi connectivity index (χ3n) is 4.13. The summed E-state index contributed by atoms with van der Waals surface area (Å²) in [6.07, 6.45) is 1.45. The van der Waals surface area contributed by atoms with Crippen LogP contribution in [0.4, 0.5) is 0 Å². The number of hydrogen-bond donors (Lipinski definition) is 2. The first-order valence-corrected chi connectivity index (χ1v) is 8.05. The number of fused-ring (bicyclic) bond motifs is 1. The van der Waals surface area contributed by atoms with E-state index in [-0.39, 0.29) is 17.0 Å². The van der Waals surface area contributed by atoms with Gasteiger partial charge >= 0.3 is 5.97 Å². The lowest BCUT2D eigenvalue weighted by Crippen LogP contribution is -2.70. The Hall–Kier alpha value is -2.29. The summed E-state index contributed by atoms with van der Waals surface area (Å²) in [5.41, 5.74) is 1.79. The zero-order valence-corrected chi connectivity index (χ0v) is 13.7. The Morgan fingerprint density at radius 2 is 2.13 bits per heavy atom. The first-order valence-electron chi connectivity index (χ1n) is 7.00. The molecule has 8 nitrogen and oxygen atoms in total. The fourth-order valence-electron chi connectivity index (χ4n) is 2.72. The van der Waals surface area contributed by atoms with Crippen LogP contribution in [0.25, 0.3) is 0 Å². The molecule has 2 atom stereocenters. The van der Waals surface area contributed by atoms with Crippen LogP contribution in [-0.4, -0.2) is 54.7 Å². The number of β-lactam (4-membered cyclic amide) rings is 1. The number of carbonyl (C=O) groups is 3. The SMILES string of the molecule is CC1=C(C(=O)O)N2C(=O)[C@@H](NC(=O)c3cnn(C)c3C)[C@@H]2SC1. The molecular formula is C14H16N4O4S. The number of hydrogen-bond acceptors (Lipinski definition) is 5. The van der Waals surface area contributed by atoms with E-state index in [9.17, 15) is 19.5 Å². The summed E-state index contributed by atoms with van der Waals surface area (Å²) >= 11 is 1.45. The molecule has 2 N–H and O–H groups in total. The van der Waals surface area contributed by atoms with Gasteiger partial charge in [-0.25, -0.2) is 4.79 Å². The van der Waals surface area contributed by atoms with Gasteiger partial charge in [0.05, 0.1) is 11.8 Å². The first kappa shape index (κ1) is 15.6. The molecule has 3 heterocycles. The Morgan fingerprint density at radius 1 is 1.43 bits per heavy atom. The lowest BCUT2D eigenvalue weighted by atomic mass is 10.0. The second-order valence-electron chi connectivity index (χ2n) is 5.56. The molecule has 0 spiro atoms. The number of carboxylic acid groups (broad SMARTS) is 1. The van der Waals surface area contributed by atoms with E-state index in [1.165, 1.54) is 22.9 Å². The lowest BCUT2D eigenvalue weighted by Gasteiger charge is -2.49. The van der Waals surface area contributed by atoms with Gasteiger partial charge in [0.1, 0.15) is 17.1 Å². The standard InChI is InChI=1S/C14H16N4O4S/c1-6-5-23-13-9(12(20)18(13)10(6)14(21)22)16-11(19)8-4-15-17(3)7(8)2/h4,9,13H,5H2,1-3H3,(H,16,19)(H,21,22)/t9-,13+/m1/s1. The van der Waals surface area contributed by atoms with Gasteiger partial charge in [-0.3, -0.25) is 19.2 Å². The number of nitrogens with one attached hydrogen (secondary N) is 1. The largest absolute Gasteiger partial charge is 0.477 e. The normalized spacial score (nSPS) is 23.4. The smallest absolute Gasteiger partial charge is 0.352 e. The molecule has 0 unspecified atom stereocenters. The maximum absolute atomic E-state index is 12.3. The van der Waals surface area contributed by atoms with Gasteiger partial charge in [0, 0.05) is 18.5 Å². The van der Waals surface area contributed by atoms with Gasteiger partial charge in [-0.1, -0.05) is 0 Å². The van der Waals surface area contributed by atoms with E-state index in [1.54, 1.807) is 25.6 Å². The summed E-state index contributed by atoms with van der Waals surface area (Å²) in [5.74, 6) is -1.37. The minimum atomic E-state index is -1.12. The van der Waals surface area contributed by atoms with Crippen molar-refractivity contribution in [2.75, 3.05) is 5.75 Å². The molecule has 1 fully saturated rings. The van der Waals surface area contributed by atoms with E-state index in [4.69, 9.17) is 0 Å². The molecule has 0 bridgehead atoms. The fourth-order valence-corrected chi connectivity index (χ4v) is 4.01. The highest BCUT2D eigenvalue weighted by atomic mass is 32.2. The summed E-state index contributed by atoms with van der Waals surface area (Å²) in [4.78, 5) is 37.2. The van der Waals surface area contributed by atoms with Crippen LogP contribution in [0.5, 0.6) is 0 Å². The summed E-state index contributed by atoms with van der Waals surface area (Å²) in [7, 11) is 1.73. The molecule has 1 saturated heterocycles. The highest BCUT2D eigenvalue weighted by molar-refractivity contribution is 8.00. The molecule has 122 valence electrons. The van der Waals surface area contributed by atoms with Gasteiger partial charge in [-0.05, 0) is 19.4 Å². The van der Waals surface area contributed by atoms with Crippen molar-refractivity contribution < 1.29 is 19.5 Å². The molecule has 23 heavy (non-hydrogen) atoms. The van der Waals surface area contributed by atoms with Crippen LogP contribution in [0.15, 0.2) is 17.5 Å². The molecular weight excluding hydrogens is 320 g/mol. The van der Waals surface area contributed by atoms with Crippen molar-refractivity contribution in [1.82, 2.24) is 20.0 Å². The molecule has 0 aliphatic carbocycles. The number of rotatable bonds is 3. The van der Waals surface area contributed by atoms with Crippen LogP contribution in [0.3, 0.4) is 0 Å². The van der Waals surface area contributed by atoms with Gasteiger partial charge in [-0.15, -0.1) is 11.8 Å². The van der Waals surface area contributed by atoms with Gasteiger partial charge < -0.3 is 10.4 Å². The number of amides is 2. The van der Waals surface area contributed by atoms with Crippen LogP contribution in [-0.2, 0) is 16.6 Å². The summed E-state index contributed by atoms with van der Waals surface area (Å²) in [6.45, 7) is 3.46. The Bertz CT molecular complexity index is 754. The maximum atomic E-state index is 12.3. The summed E-state index contributed by atoms with van der Waals surface area (Å²) < 4.78 is 1.58. The van der Waals surface area contributed by atoms with E-state index in [1.807, 2.05) is 0 Å². The van der Waals surface area contributed by atoms with Crippen molar-refractivity contribution in [2.45, 2.75) is 25.3 Å². The van der Waals surface area contributed by atoms with Crippen LogP contribution >= 0.6 is 11.8 Å². The van der Waals surface area contributed by atoms with Crippen molar-refractivity contribution >= 4 is 29.5 Å². The van der Waals surface area contributed by atoms with Crippen LogP contribution in [0.1, 0.15) is 23.0 Å². The van der Waals surface area contributed by atoms with Gasteiger partial charge in [0.25, 0.3) is 11.8 Å². The average Bonchev–Trinajstić information content (AvgIpc) is 2.83. The highest BCUT2D eigenvalue weighted by Gasteiger charge is 2.53. The number of nitrogens with zero attached hydrogens (tertiary/aromatic N) is 3.